The topological polar surface area (TPSA) is 24.9 Å². The van der Waals surface area contributed by atoms with Crippen LogP contribution in [0.3, 0.4) is 0 Å². The van der Waals surface area contributed by atoms with Gasteiger partial charge in [0.2, 0.25) is 0 Å². The number of benzene rings is 1. The van der Waals surface area contributed by atoms with Crippen LogP contribution in [0.25, 0.3) is 0 Å². The van der Waals surface area contributed by atoms with E-state index in [1.807, 2.05) is 17.5 Å². The molecule has 1 aromatic heterocycles. The average Bonchev–Trinajstić information content (AvgIpc) is 3.02. The van der Waals surface area contributed by atoms with E-state index in [0.29, 0.717) is 6.04 Å². The SMILES string of the molecule is CC(C)(C)c1ncc(CNC2CCc3ccccc32)s1. The van der Waals surface area contributed by atoms with E-state index in [4.69, 9.17) is 0 Å². The molecule has 106 valence electrons. The number of rotatable bonds is 3. The first-order valence-electron chi connectivity index (χ1n) is 7.30. The van der Waals surface area contributed by atoms with Crippen molar-refractivity contribution in [1.82, 2.24) is 10.3 Å². The zero-order valence-corrected chi connectivity index (χ0v) is 13.3. The Hall–Kier alpha value is -1.19. The monoisotopic (exact) mass is 286 g/mol. The molecule has 2 aromatic rings. The van der Waals surface area contributed by atoms with Crippen LogP contribution < -0.4 is 5.32 Å². The molecule has 1 atom stereocenters. The van der Waals surface area contributed by atoms with Crippen LogP contribution in [-0.2, 0) is 18.4 Å². The number of nitrogens with zero attached hydrogens (tertiary/aromatic N) is 1. The molecule has 3 heteroatoms. The lowest BCUT2D eigenvalue weighted by atomic mass is 9.98. The number of thiazole rings is 1. The number of aryl methyl sites for hydroxylation is 1. The maximum absolute atomic E-state index is 4.56. The van der Waals surface area contributed by atoms with Gasteiger partial charge in [0.1, 0.15) is 0 Å². The van der Waals surface area contributed by atoms with Crippen molar-refractivity contribution in [3.05, 3.63) is 51.5 Å². The third-order valence-electron chi connectivity index (χ3n) is 3.85. The molecule has 0 radical (unpaired) electrons. The highest BCUT2D eigenvalue weighted by atomic mass is 32.1. The van der Waals surface area contributed by atoms with E-state index in [0.717, 1.165) is 6.54 Å². The maximum Gasteiger partial charge on any atom is 0.0981 e. The summed E-state index contributed by atoms with van der Waals surface area (Å²) in [6.07, 6.45) is 4.44. The van der Waals surface area contributed by atoms with Gasteiger partial charge in [-0.2, -0.15) is 0 Å². The van der Waals surface area contributed by atoms with Gasteiger partial charge < -0.3 is 5.32 Å². The zero-order valence-electron chi connectivity index (χ0n) is 12.4. The average molecular weight is 286 g/mol. The van der Waals surface area contributed by atoms with Gasteiger partial charge in [-0.25, -0.2) is 4.98 Å². The van der Waals surface area contributed by atoms with Gasteiger partial charge in [0, 0.05) is 29.1 Å². The third-order valence-corrected chi connectivity index (χ3v) is 5.27. The summed E-state index contributed by atoms with van der Waals surface area (Å²) in [5.41, 5.74) is 3.14. The lowest BCUT2D eigenvalue weighted by Gasteiger charge is -2.14. The summed E-state index contributed by atoms with van der Waals surface area (Å²) in [4.78, 5) is 5.89. The summed E-state index contributed by atoms with van der Waals surface area (Å²) in [5, 5.41) is 4.91. The Balaban J connectivity index is 1.65. The molecule has 20 heavy (non-hydrogen) atoms. The highest BCUT2D eigenvalue weighted by Crippen LogP contribution is 2.32. The first-order chi connectivity index (χ1) is 9.54. The fraction of sp³-hybridized carbons (Fsp3) is 0.471. The molecule has 0 saturated heterocycles. The smallest absolute Gasteiger partial charge is 0.0981 e. The molecule has 0 saturated carbocycles. The molecule has 1 heterocycles. The largest absolute Gasteiger partial charge is 0.305 e. The van der Waals surface area contributed by atoms with E-state index in [9.17, 15) is 0 Å². The Morgan fingerprint density at radius 1 is 1.30 bits per heavy atom. The van der Waals surface area contributed by atoms with E-state index in [2.05, 4.69) is 55.3 Å². The number of aromatic nitrogens is 1. The summed E-state index contributed by atoms with van der Waals surface area (Å²) >= 11 is 1.83. The fourth-order valence-corrected chi connectivity index (χ4v) is 3.65. The Bertz CT molecular complexity index is 595. The second-order valence-electron chi connectivity index (χ2n) is 6.55. The lowest BCUT2D eigenvalue weighted by molar-refractivity contribution is 0.533. The van der Waals surface area contributed by atoms with E-state index in [-0.39, 0.29) is 5.41 Å². The maximum atomic E-state index is 4.56. The number of fused-ring (bicyclic) bond motifs is 1. The van der Waals surface area contributed by atoms with Crippen LogP contribution in [-0.4, -0.2) is 4.98 Å². The zero-order chi connectivity index (χ0) is 14.2. The van der Waals surface area contributed by atoms with E-state index in [1.165, 1.54) is 33.9 Å². The van der Waals surface area contributed by atoms with Crippen LogP contribution in [0.1, 0.15) is 54.2 Å². The van der Waals surface area contributed by atoms with Gasteiger partial charge in [-0.05, 0) is 24.0 Å². The predicted molar refractivity (Wildman–Crippen MR) is 85.2 cm³/mol. The Labute approximate surface area is 125 Å². The number of nitrogens with one attached hydrogen (secondary N) is 1. The van der Waals surface area contributed by atoms with Crippen molar-refractivity contribution >= 4 is 11.3 Å². The minimum absolute atomic E-state index is 0.156. The van der Waals surface area contributed by atoms with Crippen molar-refractivity contribution in [2.75, 3.05) is 0 Å². The van der Waals surface area contributed by atoms with Crippen LogP contribution >= 0.6 is 11.3 Å². The summed E-state index contributed by atoms with van der Waals surface area (Å²) < 4.78 is 0. The molecular formula is C17H22N2S. The Morgan fingerprint density at radius 2 is 2.10 bits per heavy atom. The van der Waals surface area contributed by atoms with Crippen LogP contribution in [0.2, 0.25) is 0 Å². The second-order valence-corrected chi connectivity index (χ2v) is 7.67. The Morgan fingerprint density at radius 3 is 2.85 bits per heavy atom. The van der Waals surface area contributed by atoms with E-state index < -0.39 is 0 Å². The van der Waals surface area contributed by atoms with Gasteiger partial charge in [-0.3, -0.25) is 0 Å². The van der Waals surface area contributed by atoms with Crippen molar-refractivity contribution in [2.45, 2.75) is 51.6 Å². The molecule has 0 amide bonds. The first-order valence-corrected chi connectivity index (χ1v) is 8.12. The molecule has 1 N–H and O–H groups in total. The van der Waals surface area contributed by atoms with Gasteiger partial charge >= 0.3 is 0 Å². The molecule has 0 bridgehead atoms. The van der Waals surface area contributed by atoms with Gasteiger partial charge in [0.15, 0.2) is 0 Å². The molecule has 3 rings (SSSR count). The van der Waals surface area contributed by atoms with Gasteiger partial charge in [0.05, 0.1) is 5.01 Å². The summed E-state index contributed by atoms with van der Waals surface area (Å²) in [6.45, 7) is 7.58. The summed E-state index contributed by atoms with van der Waals surface area (Å²) in [6, 6.07) is 9.30. The normalized spacial score (nSPS) is 18.2. The molecule has 1 unspecified atom stereocenters. The van der Waals surface area contributed by atoms with Gasteiger partial charge in [-0.1, -0.05) is 45.0 Å². The van der Waals surface area contributed by atoms with Crippen LogP contribution in [0.5, 0.6) is 0 Å². The van der Waals surface area contributed by atoms with Crippen molar-refractivity contribution in [3.8, 4) is 0 Å². The van der Waals surface area contributed by atoms with Gasteiger partial charge in [-0.15, -0.1) is 11.3 Å². The summed E-state index contributed by atoms with van der Waals surface area (Å²) in [7, 11) is 0. The second kappa shape index (κ2) is 5.30. The van der Waals surface area contributed by atoms with Crippen molar-refractivity contribution in [1.29, 1.82) is 0 Å². The third kappa shape index (κ3) is 2.79. The molecule has 0 fully saturated rings. The molecule has 1 aliphatic rings. The standard InChI is InChI=1S/C17H22N2S/c1-17(2,3)16-19-11-13(20-16)10-18-15-9-8-12-6-4-5-7-14(12)15/h4-7,11,15,18H,8-10H2,1-3H3. The van der Waals surface area contributed by atoms with Crippen LogP contribution in [0.15, 0.2) is 30.5 Å². The van der Waals surface area contributed by atoms with Crippen molar-refractivity contribution < 1.29 is 0 Å². The number of hydrogen-bond donors (Lipinski definition) is 1. The predicted octanol–water partition coefficient (Wildman–Crippen LogP) is 4.22. The van der Waals surface area contributed by atoms with Crippen molar-refractivity contribution in [2.24, 2.45) is 0 Å². The number of hydrogen-bond acceptors (Lipinski definition) is 3. The van der Waals surface area contributed by atoms with E-state index >= 15 is 0 Å². The highest BCUT2D eigenvalue weighted by molar-refractivity contribution is 7.11. The minimum atomic E-state index is 0.156. The lowest BCUT2D eigenvalue weighted by Crippen LogP contribution is -2.18. The first kappa shape index (κ1) is 13.8. The highest BCUT2D eigenvalue weighted by Gasteiger charge is 2.22. The van der Waals surface area contributed by atoms with Crippen LogP contribution in [0, 0.1) is 0 Å². The quantitative estimate of drug-likeness (QED) is 0.914. The van der Waals surface area contributed by atoms with Gasteiger partial charge in [0.25, 0.3) is 0 Å². The van der Waals surface area contributed by atoms with E-state index in [1.54, 1.807) is 0 Å². The molecule has 0 aliphatic heterocycles. The fourth-order valence-electron chi connectivity index (χ4n) is 2.73. The van der Waals surface area contributed by atoms with Crippen LogP contribution in [0.4, 0.5) is 0 Å². The molecule has 2 nitrogen and oxygen atoms in total. The van der Waals surface area contributed by atoms with Crippen molar-refractivity contribution in [3.63, 3.8) is 0 Å². The molecule has 1 aromatic carbocycles. The minimum Gasteiger partial charge on any atom is -0.305 e. The molecular weight excluding hydrogens is 264 g/mol. The Kier molecular flexibility index (Phi) is 3.65. The molecule has 1 aliphatic carbocycles. The summed E-state index contributed by atoms with van der Waals surface area (Å²) in [5.74, 6) is 0. The molecule has 0 spiro atoms.